The number of hydrogen-bond donors (Lipinski definition) is 2. The summed E-state index contributed by atoms with van der Waals surface area (Å²) in [7, 11) is -3.35. The number of rotatable bonds is 4. The van der Waals surface area contributed by atoms with Gasteiger partial charge < -0.3 is 14.8 Å². The van der Waals surface area contributed by atoms with Gasteiger partial charge in [0.05, 0.1) is 12.6 Å². The highest BCUT2D eigenvalue weighted by atomic mass is 32.2. The topological polar surface area (TPSA) is 124 Å². The van der Waals surface area contributed by atoms with E-state index in [-0.39, 0.29) is 5.91 Å². The van der Waals surface area contributed by atoms with E-state index >= 15 is 0 Å². The standard InChI is InChI=1S/C18H21N7O3S/c1-29(27,28)23-14-5-3-13(4-6-14)18(26)25-8-2-7-24(9-10-25)17-15-16(20-11-19-15)21-12-22-17/h3-6,11-12,23H,2,7-10H2,1H3,(H,19,20,21,22). The molecule has 152 valence electrons. The molecule has 2 N–H and O–H groups in total. The lowest BCUT2D eigenvalue weighted by molar-refractivity contribution is 0.0767. The first-order chi connectivity index (χ1) is 13.9. The molecule has 0 unspecified atom stereocenters. The van der Waals surface area contributed by atoms with Crippen molar-refractivity contribution in [2.75, 3.05) is 42.1 Å². The van der Waals surface area contributed by atoms with E-state index in [1.165, 1.54) is 6.33 Å². The summed E-state index contributed by atoms with van der Waals surface area (Å²) in [5, 5.41) is 0. The van der Waals surface area contributed by atoms with Crippen molar-refractivity contribution in [3.05, 3.63) is 42.5 Å². The molecule has 0 saturated carbocycles. The number of amides is 1. The molecule has 0 spiro atoms. The van der Waals surface area contributed by atoms with Crippen LogP contribution in [0.3, 0.4) is 0 Å². The number of benzene rings is 1. The average Bonchev–Trinajstić information content (AvgIpc) is 3.04. The smallest absolute Gasteiger partial charge is 0.253 e. The van der Waals surface area contributed by atoms with Gasteiger partial charge in [-0.05, 0) is 30.7 Å². The molecule has 29 heavy (non-hydrogen) atoms. The van der Waals surface area contributed by atoms with Crippen LogP contribution in [0.5, 0.6) is 0 Å². The van der Waals surface area contributed by atoms with E-state index in [9.17, 15) is 13.2 Å². The fourth-order valence-corrected chi connectivity index (χ4v) is 3.97. The van der Waals surface area contributed by atoms with Crippen molar-refractivity contribution in [3.8, 4) is 0 Å². The van der Waals surface area contributed by atoms with Gasteiger partial charge in [-0.25, -0.2) is 23.4 Å². The van der Waals surface area contributed by atoms with E-state index in [0.29, 0.717) is 36.5 Å². The summed E-state index contributed by atoms with van der Waals surface area (Å²) in [5.41, 5.74) is 2.37. The van der Waals surface area contributed by atoms with Crippen LogP contribution in [0.2, 0.25) is 0 Å². The van der Waals surface area contributed by atoms with Gasteiger partial charge >= 0.3 is 0 Å². The number of sulfonamides is 1. The molecule has 0 radical (unpaired) electrons. The van der Waals surface area contributed by atoms with Crippen molar-refractivity contribution in [3.63, 3.8) is 0 Å². The van der Waals surface area contributed by atoms with Crippen LogP contribution in [0.1, 0.15) is 16.8 Å². The molecule has 10 nitrogen and oxygen atoms in total. The van der Waals surface area contributed by atoms with E-state index in [2.05, 4.69) is 29.6 Å². The van der Waals surface area contributed by atoms with Gasteiger partial charge in [-0.2, -0.15) is 0 Å². The number of carbonyl (C=O) groups is 1. The van der Waals surface area contributed by atoms with Gasteiger partial charge in [0.25, 0.3) is 5.91 Å². The Morgan fingerprint density at radius 1 is 1.07 bits per heavy atom. The van der Waals surface area contributed by atoms with Crippen molar-refractivity contribution < 1.29 is 13.2 Å². The van der Waals surface area contributed by atoms with Crippen molar-refractivity contribution in [2.45, 2.75) is 6.42 Å². The summed E-state index contributed by atoms with van der Waals surface area (Å²) in [6.45, 7) is 2.61. The predicted molar refractivity (Wildman–Crippen MR) is 109 cm³/mol. The maximum Gasteiger partial charge on any atom is 0.253 e. The Hall–Kier alpha value is -3.21. The van der Waals surface area contributed by atoms with Crippen LogP contribution >= 0.6 is 0 Å². The van der Waals surface area contributed by atoms with Crippen molar-refractivity contribution >= 4 is 38.6 Å². The second kappa shape index (κ2) is 7.66. The highest BCUT2D eigenvalue weighted by Crippen LogP contribution is 2.21. The van der Waals surface area contributed by atoms with Crippen LogP contribution in [0.4, 0.5) is 11.5 Å². The summed E-state index contributed by atoms with van der Waals surface area (Å²) in [4.78, 5) is 32.6. The van der Waals surface area contributed by atoms with Crippen LogP contribution in [0, 0.1) is 0 Å². The Balaban J connectivity index is 1.45. The Kier molecular flexibility index (Phi) is 5.05. The number of imidazole rings is 1. The Labute approximate surface area is 168 Å². The molecule has 1 saturated heterocycles. The number of H-pyrrole nitrogens is 1. The number of aromatic amines is 1. The lowest BCUT2D eigenvalue weighted by Crippen LogP contribution is -2.35. The first-order valence-corrected chi connectivity index (χ1v) is 11.1. The monoisotopic (exact) mass is 415 g/mol. The van der Waals surface area contributed by atoms with Gasteiger partial charge in [0, 0.05) is 37.4 Å². The normalized spacial score (nSPS) is 15.3. The minimum atomic E-state index is -3.35. The van der Waals surface area contributed by atoms with Crippen LogP contribution in [0.25, 0.3) is 11.2 Å². The number of nitrogens with one attached hydrogen (secondary N) is 2. The van der Waals surface area contributed by atoms with Crippen molar-refractivity contribution in [2.24, 2.45) is 0 Å². The quantitative estimate of drug-likeness (QED) is 0.653. The van der Waals surface area contributed by atoms with E-state index in [1.807, 2.05) is 4.90 Å². The lowest BCUT2D eigenvalue weighted by atomic mass is 10.2. The van der Waals surface area contributed by atoms with Crippen LogP contribution in [-0.4, -0.2) is 71.6 Å². The number of carbonyl (C=O) groups excluding carboxylic acids is 1. The SMILES string of the molecule is CS(=O)(=O)Nc1ccc(C(=O)N2CCCN(c3ncnc4nc[nH]c34)CC2)cc1. The molecule has 3 aromatic rings. The summed E-state index contributed by atoms with van der Waals surface area (Å²) in [5.74, 6) is 0.713. The number of anilines is 2. The molecule has 0 aliphatic carbocycles. The molecule has 1 amide bonds. The molecule has 0 atom stereocenters. The number of fused-ring (bicyclic) bond motifs is 1. The van der Waals surface area contributed by atoms with Crippen LogP contribution in [0.15, 0.2) is 36.9 Å². The number of hydrogen-bond acceptors (Lipinski definition) is 7. The third-order valence-electron chi connectivity index (χ3n) is 4.72. The van der Waals surface area contributed by atoms with Gasteiger partial charge in [0.1, 0.15) is 11.8 Å². The van der Waals surface area contributed by atoms with Crippen LogP contribution < -0.4 is 9.62 Å². The first kappa shape index (κ1) is 19.1. The molecular formula is C18H21N7O3S. The summed E-state index contributed by atoms with van der Waals surface area (Å²) in [6.07, 6.45) is 4.99. The first-order valence-electron chi connectivity index (χ1n) is 9.17. The molecule has 3 heterocycles. The van der Waals surface area contributed by atoms with E-state index in [1.54, 1.807) is 30.6 Å². The molecule has 2 aromatic heterocycles. The maximum absolute atomic E-state index is 12.9. The predicted octanol–water partition coefficient (Wildman–Crippen LogP) is 1.08. The highest BCUT2D eigenvalue weighted by Gasteiger charge is 2.22. The van der Waals surface area contributed by atoms with Gasteiger partial charge in [-0.15, -0.1) is 0 Å². The third kappa shape index (κ3) is 4.29. The van der Waals surface area contributed by atoms with E-state index < -0.39 is 10.0 Å². The van der Waals surface area contributed by atoms with Gasteiger partial charge in [0.15, 0.2) is 11.5 Å². The molecule has 11 heteroatoms. The fourth-order valence-electron chi connectivity index (χ4n) is 3.40. The number of aromatic nitrogens is 4. The van der Waals surface area contributed by atoms with Crippen LogP contribution in [-0.2, 0) is 10.0 Å². The van der Waals surface area contributed by atoms with Crippen molar-refractivity contribution in [1.82, 2.24) is 24.8 Å². The summed E-state index contributed by atoms with van der Waals surface area (Å²) < 4.78 is 25.0. The number of nitrogens with zero attached hydrogens (tertiary/aromatic N) is 5. The zero-order valence-corrected chi connectivity index (χ0v) is 16.7. The fraction of sp³-hybridized carbons (Fsp3) is 0.333. The largest absolute Gasteiger partial charge is 0.353 e. The molecule has 0 bridgehead atoms. The Morgan fingerprint density at radius 3 is 2.62 bits per heavy atom. The summed E-state index contributed by atoms with van der Waals surface area (Å²) >= 11 is 0. The Bertz CT molecular complexity index is 1130. The Morgan fingerprint density at radius 2 is 1.86 bits per heavy atom. The molecule has 1 aliphatic rings. The van der Waals surface area contributed by atoms with Gasteiger partial charge in [-0.1, -0.05) is 0 Å². The average molecular weight is 415 g/mol. The minimum absolute atomic E-state index is 0.0767. The van der Waals surface area contributed by atoms with E-state index in [4.69, 9.17) is 0 Å². The maximum atomic E-state index is 12.9. The zero-order valence-electron chi connectivity index (χ0n) is 15.9. The second-order valence-corrected chi connectivity index (χ2v) is 8.63. The van der Waals surface area contributed by atoms with Gasteiger partial charge in [-0.3, -0.25) is 9.52 Å². The van der Waals surface area contributed by atoms with E-state index in [0.717, 1.165) is 30.6 Å². The summed E-state index contributed by atoms with van der Waals surface area (Å²) in [6, 6.07) is 6.46. The highest BCUT2D eigenvalue weighted by molar-refractivity contribution is 7.92. The van der Waals surface area contributed by atoms with Gasteiger partial charge in [0.2, 0.25) is 10.0 Å². The minimum Gasteiger partial charge on any atom is -0.353 e. The molecular weight excluding hydrogens is 394 g/mol. The third-order valence-corrected chi connectivity index (χ3v) is 5.33. The molecule has 1 aliphatic heterocycles. The molecule has 4 rings (SSSR count). The lowest BCUT2D eigenvalue weighted by Gasteiger charge is -2.23. The molecule has 1 aromatic carbocycles. The second-order valence-electron chi connectivity index (χ2n) is 6.88. The molecule has 1 fully saturated rings. The zero-order chi connectivity index (χ0) is 20.4. The van der Waals surface area contributed by atoms with Crippen molar-refractivity contribution in [1.29, 1.82) is 0 Å².